The standard InChI is InChI=1S/C26H27N3O4S/c1-19-12-13-23(34(32,33)27-17-20-7-3-2-4-8-20)16-24(19)26(31)28-22-10-5-9-21(15-22)18-29-14-6-11-25(29)30/h2-5,7-10,12-13,15-16,27H,6,11,14,17-18H2,1H3,(H,28,31). The molecule has 0 bridgehead atoms. The Morgan fingerprint density at radius 1 is 0.971 bits per heavy atom. The van der Waals surface area contributed by atoms with Crippen molar-refractivity contribution < 1.29 is 18.0 Å². The number of nitrogens with one attached hydrogen (secondary N) is 2. The van der Waals surface area contributed by atoms with Crippen LogP contribution in [0.25, 0.3) is 0 Å². The minimum Gasteiger partial charge on any atom is -0.338 e. The Labute approximate surface area is 199 Å². The Morgan fingerprint density at radius 2 is 1.74 bits per heavy atom. The number of benzene rings is 3. The second-order valence-electron chi connectivity index (χ2n) is 8.36. The summed E-state index contributed by atoms with van der Waals surface area (Å²) < 4.78 is 28.2. The molecule has 0 aromatic heterocycles. The second kappa shape index (κ2) is 10.2. The van der Waals surface area contributed by atoms with E-state index in [-0.39, 0.29) is 22.9 Å². The number of aryl methyl sites for hydroxylation is 1. The van der Waals surface area contributed by atoms with Crippen molar-refractivity contribution in [3.63, 3.8) is 0 Å². The molecular formula is C26H27N3O4S. The molecule has 3 aromatic carbocycles. The first-order chi connectivity index (χ1) is 16.3. The number of anilines is 1. The summed E-state index contributed by atoms with van der Waals surface area (Å²) >= 11 is 0. The predicted octanol–water partition coefficient (Wildman–Crippen LogP) is 3.85. The van der Waals surface area contributed by atoms with Crippen molar-refractivity contribution in [3.8, 4) is 0 Å². The summed E-state index contributed by atoms with van der Waals surface area (Å²) in [5.41, 5.74) is 3.29. The minimum atomic E-state index is -3.80. The first-order valence-electron chi connectivity index (χ1n) is 11.1. The summed E-state index contributed by atoms with van der Waals surface area (Å²) in [7, 11) is -3.80. The first-order valence-corrected chi connectivity index (χ1v) is 12.6. The Morgan fingerprint density at radius 3 is 2.47 bits per heavy atom. The van der Waals surface area contributed by atoms with Gasteiger partial charge in [0.05, 0.1) is 4.90 Å². The number of likely N-dealkylation sites (tertiary alicyclic amines) is 1. The molecular weight excluding hydrogens is 450 g/mol. The molecule has 0 radical (unpaired) electrons. The summed E-state index contributed by atoms with van der Waals surface area (Å²) in [4.78, 5) is 26.8. The van der Waals surface area contributed by atoms with E-state index < -0.39 is 15.9 Å². The van der Waals surface area contributed by atoms with E-state index in [1.165, 1.54) is 12.1 Å². The van der Waals surface area contributed by atoms with Gasteiger partial charge in [0, 0.05) is 37.3 Å². The molecule has 1 aliphatic heterocycles. The van der Waals surface area contributed by atoms with Crippen LogP contribution in [-0.2, 0) is 27.9 Å². The summed E-state index contributed by atoms with van der Waals surface area (Å²) in [6.45, 7) is 3.17. The highest BCUT2D eigenvalue weighted by Crippen LogP contribution is 2.20. The van der Waals surface area contributed by atoms with Gasteiger partial charge in [0.2, 0.25) is 15.9 Å². The number of amides is 2. The molecule has 0 saturated carbocycles. The van der Waals surface area contributed by atoms with Gasteiger partial charge in [-0.2, -0.15) is 0 Å². The van der Waals surface area contributed by atoms with Gasteiger partial charge < -0.3 is 10.2 Å². The van der Waals surface area contributed by atoms with Crippen molar-refractivity contribution in [1.82, 2.24) is 9.62 Å². The Bertz CT molecular complexity index is 1310. The molecule has 1 heterocycles. The molecule has 1 fully saturated rings. The summed E-state index contributed by atoms with van der Waals surface area (Å²) in [5.74, 6) is -0.254. The molecule has 3 aromatic rings. The molecule has 0 aliphatic carbocycles. The molecule has 34 heavy (non-hydrogen) atoms. The monoisotopic (exact) mass is 477 g/mol. The average Bonchev–Trinajstić information content (AvgIpc) is 3.23. The maximum atomic E-state index is 13.0. The number of hydrogen-bond acceptors (Lipinski definition) is 4. The predicted molar refractivity (Wildman–Crippen MR) is 131 cm³/mol. The fourth-order valence-electron chi connectivity index (χ4n) is 3.91. The van der Waals surface area contributed by atoms with Gasteiger partial charge in [-0.3, -0.25) is 9.59 Å². The zero-order chi connectivity index (χ0) is 24.1. The molecule has 2 N–H and O–H groups in total. The molecule has 0 spiro atoms. The third-order valence-corrected chi connectivity index (χ3v) is 7.20. The highest BCUT2D eigenvalue weighted by atomic mass is 32.2. The van der Waals surface area contributed by atoms with Gasteiger partial charge in [-0.05, 0) is 54.3 Å². The van der Waals surface area contributed by atoms with E-state index in [0.29, 0.717) is 24.2 Å². The number of hydrogen-bond donors (Lipinski definition) is 2. The van der Waals surface area contributed by atoms with Gasteiger partial charge in [0.1, 0.15) is 0 Å². The fourth-order valence-corrected chi connectivity index (χ4v) is 4.95. The highest BCUT2D eigenvalue weighted by Gasteiger charge is 2.21. The molecule has 2 amide bonds. The number of rotatable bonds is 8. The highest BCUT2D eigenvalue weighted by molar-refractivity contribution is 7.89. The van der Waals surface area contributed by atoms with E-state index in [1.54, 1.807) is 19.1 Å². The van der Waals surface area contributed by atoms with Crippen molar-refractivity contribution in [2.75, 3.05) is 11.9 Å². The van der Waals surface area contributed by atoms with Crippen LogP contribution in [0, 0.1) is 6.92 Å². The lowest BCUT2D eigenvalue weighted by molar-refractivity contribution is -0.128. The molecule has 8 heteroatoms. The minimum absolute atomic E-state index is 0.0282. The van der Waals surface area contributed by atoms with Gasteiger partial charge in [-0.1, -0.05) is 48.5 Å². The molecule has 176 valence electrons. The van der Waals surface area contributed by atoms with Crippen molar-refractivity contribution in [2.24, 2.45) is 0 Å². The van der Waals surface area contributed by atoms with Gasteiger partial charge in [-0.25, -0.2) is 13.1 Å². The number of carbonyl (C=O) groups excluding carboxylic acids is 2. The molecule has 0 atom stereocenters. The molecule has 1 aliphatic rings. The van der Waals surface area contributed by atoms with Crippen LogP contribution in [0.4, 0.5) is 5.69 Å². The van der Waals surface area contributed by atoms with Gasteiger partial charge in [0.25, 0.3) is 5.91 Å². The number of nitrogens with zero attached hydrogens (tertiary/aromatic N) is 1. The summed E-state index contributed by atoms with van der Waals surface area (Å²) in [5, 5.41) is 2.85. The second-order valence-corrected chi connectivity index (χ2v) is 10.1. The normalized spacial score (nSPS) is 13.8. The molecule has 7 nitrogen and oxygen atoms in total. The smallest absolute Gasteiger partial charge is 0.255 e. The fraction of sp³-hybridized carbons (Fsp3) is 0.231. The maximum absolute atomic E-state index is 13.0. The maximum Gasteiger partial charge on any atom is 0.255 e. The van der Waals surface area contributed by atoms with Crippen LogP contribution in [0.2, 0.25) is 0 Å². The topological polar surface area (TPSA) is 95.6 Å². The SMILES string of the molecule is Cc1ccc(S(=O)(=O)NCc2ccccc2)cc1C(=O)Nc1cccc(CN2CCCC2=O)c1. The lowest BCUT2D eigenvalue weighted by Gasteiger charge is -2.16. The van der Waals surface area contributed by atoms with Crippen molar-refractivity contribution in [3.05, 3.63) is 95.1 Å². The number of carbonyl (C=O) groups is 2. The van der Waals surface area contributed by atoms with Crippen LogP contribution in [0.5, 0.6) is 0 Å². The van der Waals surface area contributed by atoms with E-state index in [4.69, 9.17) is 0 Å². The Balaban J connectivity index is 1.47. The van der Waals surface area contributed by atoms with E-state index >= 15 is 0 Å². The average molecular weight is 478 g/mol. The third kappa shape index (κ3) is 5.70. The van der Waals surface area contributed by atoms with Crippen molar-refractivity contribution in [2.45, 2.75) is 37.8 Å². The zero-order valence-electron chi connectivity index (χ0n) is 19.0. The van der Waals surface area contributed by atoms with Crippen molar-refractivity contribution in [1.29, 1.82) is 0 Å². The van der Waals surface area contributed by atoms with Crippen LogP contribution in [0.1, 0.15) is 39.9 Å². The first kappa shape index (κ1) is 23.7. The summed E-state index contributed by atoms with van der Waals surface area (Å²) in [6.07, 6.45) is 1.45. The van der Waals surface area contributed by atoms with Crippen LogP contribution >= 0.6 is 0 Å². The van der Waals surface area contributed by atoms with Crippen LogP contribution in [-0.4, -0.2) is 31.7 Å². The van der Waals surface area contributed by atoms with Crippen LogP contribution < -0.4 is 10.0 Å². The Kier molecular flexibility index (Phi) is 7.09. The van der Waals surface area contributed by atoms with E-state index in [0.717, 1.165) is 24.1 Å². The van der Waals surface area contributed by atoms with Gasteiger partial charge >= 0.3 is 0 Å². The molecule has 1 saturated heterocycles. The quantitative estimate of drug-likeness (QED) is 0.515. The van der Waals surface area contributed by atoms with Gasteiger partial charge in [-0.15, -0.1) is 0 Å². The number of sulfonamides is 1. The lowest BCUT2D eigenvalue weighted by atomic mass is 10.1. The lowest BCUT2D eigenvalue weighted by Crippen LogP contribution is -2.24. The third-order valence-electron chi connectivity index (χ3n) is 5.80. The van der Waals surface area contributed by atoms with Crippen LogP contribution in [0.3, 0.4) is 0 Å². The summed E-state index contributed by atoms with van der Waals surface area (Å²) in [6, 6.07) is 21.1. The molecule has 4 rings (SSSR count). The van der Waals surface area contributed by atoms with Crippen LogP contribution in [0.15, 0.2) is 77.7 Å². The van der Waals surface area contributed by atoms with E-state index in [1.807, 2.05) is 53.4 Å². The van der Waals surface area contributed by atoms with Crippen molar-refractivity contribution >= 4 is 27.5 Å². The van der Waals surface area contributed by atoms with E-state index in [9.17, 15) is 18.0 Å². The zero-order valence-corrected chi connectivity index (χ0v) is 19.8. The van der Waals surface area contributed by atoms with E-state index in [2.05, 4.69) is 10.0 Å². The largest absolute Gasteiger partial charge is 0.338 e. The molecule has 0 unspecified atom stereocenters. The van der Waals surface area contributed by atoms with Gasteiger partial charge in [0.15, 0.2) is 0 Å². The Hall–Kier alpha value is -3.49.